The first-order valence-corrected chi connectivity index (χ1v) is 7.66. The molecule has 1 aromatic rings. The summed E-state index contributed by atoms with van der Waals surface area (Å²) in [7, 11) is 0. The highest BCUT2D eigenvalue weighted by molar-refractivity contribution is 5.78. The van der Waals surface area contributed by atoms with E-state index in [-0.39, 0.29) is 12.1 Å². The number of alkyl halides is 3. The van der Waals surface area contributed by atoms with Crippen LogP contribution in [0.1, 0.15) is 25.1 Å². The smallest absolute Gasteiger partial charge is 0.431 e. The number of hydrogen-bond donors (Lipinski definition) is 0. The number of nitriles is 1. The topological polar surface area (TPSA) is 55.0 Å². The van der Waals surface area contributed by atoms with Crippen LogP contribution in [-0.4, -0.2) is 10.5 Å². The van der Waals surface area contributed by atoms with E-state index >= 15 is 0 Å². The first-order valence-electron chi connectivity index (χ1n) is 7.66. The Morgan fingerprint density at radius 3 is 2.69 bits per heavy atom. The summed E-state index contributed by atoms with van der Waals surface area (Å²) in [5, 5.41) is 8.48. The number of esters is 1. The number of allylic oxidation sites excluding steroid dienone is 2. The van der Waals surface area contributed by atoms with Crippen LogP contribution in [0.4, 0.5) is 17.6 Å². The molecule has 0 aromatic carbocycles. The summed E-state index contributed by atoms with van der Waals surface area (Å²) in [6.07, 6.45) is 2.63. The van der Waals surface area contributed by atoms with E-state index in [1.165, 1.54) is 18.3 Å². The molecule has 4 nitrogen and oxygen atoms in total. The lowest BCUT2D eigenvalue weighted by Crippen LogP contribution is -2.17. The van der Waals surface area contributed by atoms with Crippen molar-refractivity contribution in [2.45, 2.75) is 33.2 Å². The van der Waals surface area contributed by atoms with Crippen LogP contribution in [0, 0.1) is 40.9 Å². The Balaban J connectivity index is 2.12. The third-order valence-electron chi connectivity index (χ3n) is 4.54. The lowest BCUT2D eigenvalue weighted by Gasteiger charge is -2.13. The molecule has 1 fully saturated rings. The predicted octanol–water partition coefficient (Wildman–Crippen LogP) is 3.83. The van der Waals surface area contributed by atoms with Gasteiger partial charge in [-0.3, -0.25) is 4.79 Å². The normalized spacial score (nSPS) is 21.6. The van der Waals surface area contributed by atoms with Gasteiger partial charge in [0.15, 0.2) is 5.83 Å². The Morgan fingerprint density at radius 2 is 2.15 bits per heavy atom. The zero-order valence-corrected chi connectivity index (χ0v) is 14.1. The van der Waals surface area contributed by atoms with E-state index in [1.807, 2.05) is 0 Å². The van der Waals surface area contributed by atoms with E-state index in [0.717, 1.165) is 10.6 Å². The lowest BCUT2D eigenvalue weighted by molar-refractivity contribution is -0.151. The van der Waals surface area contributed by atoms with Crippen LogP contribution >= 0.6 is 0 Å². The van der Waals surface area contributed by atoms with Gasteiger partial charge >= 0.3 is 12.1 Å². The second-order valence-corrected chi connectivity index (χ2v) is 6.58. The van der Waals surface area contributed by atoms with Crippen LogP contribution in [-0.2, 0) is 28.9 Å². The number of hydrogen-bond acceptors (Lipinski definition) is 3. The summed E-state index contributed by atoms with van der Waals surface area (Å²) < 4.78 is 58.7. The second kappa shape index (κ2) is 6.87. The van der Waals surface area contributed by atoms with E-state index in [0.29, 0.717) is 0 Å². The molecule has 2 rings (SSSR count). The van der Waals surface area contributed by atoms with Crippen LogP contribution in [0.15, 0.2) is 24.2 Å². The largest absolute Gasteiger partial charge is 0.460 e. The molecule has 0 bridgehead atoms. The molecule has 0 aliphatic heterocycles. The number of rotatable bonds is 5. The molecule has 1 aromatic heterocycles. The summed E-state index contributed by atoms with van der Waals surface area (Å²) in [5.41, 5.74) is -1.81. The first-order chi connectivity index (χ1) is 12.0. The van der Waals surface area contributed by atoms with E-state index in [2.05, 4.69) is 5.92 Å². The van der Waals surface area contributed by atoms with Crippen molar-refractivity contribution in [1.82, 2.24) is 4.57 Å². The number of halogens is 4. The fraction of sp³-hybridized carbons (Fsp3) is 0.444. The van der Waals surface area contributed by atoms with Gasteiger partial charge in [0.2, 0.25) is 0 Å². The van der Waals surface area contributed by atoms with Crippen molar-refractivity contribution in [2.75, 3.05) is 0 Å². The van der Waals surface area contributed by atoms with E-state index in [4.69, 9.17) is 16.4 Å². The zero-order chi connectivity index (χ0) is 19.7. The van der Waals surface area contributed by atoms with Gasteiger partial charge in [-0.25, -0.2) is 0 Å². The minimum atomic E-state index is -4.65. The molecule has 8 heteroatoms. The highest BCUT2D eigenvalue weighted by Gasteiger charge is 2.61. The quantitative estimate of drug-likeness (QED) is 0.344. The molecule has 0 spiro atoms. The predicted molar refractivity (Wildman–Crippen MR) is 83.6 cm³/mol. The summed E-state index contributed by atoms with van der Waals surface area (Å²) in [6, 6.07) is 2.52. The summed E-state index contributed by atoms with van der Waals surface area (Å²) in [5.74, 6) is -0.874. The first kappa shape index (κ1) is 19.6. The van der Waals surface area contributed by atoms with E-state index in [1.54, 1.807) is 13.8 Å². The monoisotopic (exact) mass is 368 g/mol. The maximum Gasteiger partial charge on any atom is 0.431 e. The van der Waals surface area contributed by atoms with Crippen molar-refractivity contribution in [3.8, 4) is 18.4 Å². The van der Waals surface area contributed by atoms with Crippen LogP contribution < -0.4 is 0 Å². The van der Waals surface area contributed by atoms with Crippen molar-refractivity contribution >= 4 is 5.97 Å². The molecule has 1 aliphatic rings. The van der Waals surface area contributed by atoms with Crippen molar-refractivity contribution in [2.24, 2.45) is 17.3 Å². The van der Waals surface area contributed by atoms with Gasteiger partial charge in [0, 0.05) is 17.7 Å². The Morgan fingerprint density at radius 1 is 1.50 bits per heavy atom. The third kappa shape index (κ3) is 3.75. The molecular formula is C18H16F4N2O2. The summed E-state index contributed by atoms with van der Waals surface area (Å²) in [6.45, 7) is 2.54. The van der Waals surface area contributed by atoms with E-state index < -0.39 is 47.5 Å². The molecule has 0 saturated heterocycles. The molecule has 1 aliphatic carbocycles. The number of ether oxygens (including phenoxy) is 1. The van der Waals surface area contributed by atoms with Gasteiger partial charge in [0.25, 0.3) is 0 Å². The van der Waals surface area contributed by atoms with Gasteiger partial charge in [0.1, 0.15) is 18.4 Å². The van der Waals surface area contributed by atoms with Crippen LogP contribution in [0.3, 0.4) is 0 Å². The molecular weight excluding hydrogens is 352 g/mol. The Hall–Kier alpha value is -2.74. The minimum Gasteiger partial charge on any atom is -0.460 e. The van der Waals surface area contributed by atoms with Crippen molar-refractivity contribution in [3.63, 3.8) is 0 Å². The molecule has 138 valence electrons. The Kier molecular flexibility index (Phi) is 5.18. The number of carbonyl (C=O) groups excluding carboxylic acids is 1. The lowest BCUT2D eigenvalue weighted by atomic mass is 10.1. The highest BCUT2D eigenvalue weighted by Crippen LogP contribution is 2.60. The summed E-state index contributed by atoms with van der Waals surface area (Å²) in [4.78, 5) is 12.2. The SMILES string of the molecule is C#CCn1ccc(COC(=O)[C@@H]2[C@H](/C=C(/F)C#N)C2(C)C)c1C(F)(F)F. The molecule has 0 radical (unpaired) electrons. The van der Waals surface area contributed by atoms with Crippen LogP contribution in [0.25, 0.3) is 0 Å². The van der Waals surface area contributed by atoms with Gasteiger partial charge in [-0.2, -0.15) is 22.8 Å². The standard InChI is InChI=1S/C18H16F4N2O2/c1-4-6-24-7-5-11(15(24)18(20,21)22)10-26-16(25)14-13(17(14,2)3)8-12(19)9-23/h1,5,7-8,13-14H,6,10H2,2-3H3/b12-8+/t13-,14-/m0/s1. The van der Waals surface area contributed by atoms with Crippen molar-refractivity contribution in [3.05, 3.63) is 35.4 Å². The summed E-state index contributed by atoms with van der Waals surface area (Å²) >= 11 is 0. The third-order valence-corrected chi connectivity index (χ3v) is 4.54. The van der Waals surface area contributed by atoms with Gasteiger partial charge in [-0.1, -0.05) is 19.8 Å². The molecule has 0 amide bonds. The fourth-order valence-corrected chi connectivity index (χ4v) is 3.08. The van der Waals surface area contributed by atoms with Crippen LogP contribution in [0.2, 0.25) is 0 Å². The van der Waals surface area contributed by atoms with Crippen LogP contribution in [0.5, 0.6) is 0 Å². The minimum absolute atomic E-state index is 0.213. The average molecular weight is 368 g/mol. The Bertz CT molecular complexity index is 822. The number of nitrogens with zero attached hydrogens (tertiary/aromatic N) is 2. The highest BCUT2D eigenvalue weighted by atomic mass is 19.4. The van der Waals surface area contributed by atoms with Gasteiger partial charge in [-0.15, -0.1) is 6.42 Å². The van der Waals surface area contributed by atoms with Gasteiger partial charge in [-0.05, 0) is 17.6 Å². The molecule has 1 saturated carbocycles. The number of terminal acetylenes is 1. The second-order valence-electron chi connectivity index (χ2n) is 6.58. The zero-order valence-electron chi connectivity index (χ0n) is 14.1. The maximum absolute atomic E-state index is 13.2. The fourth-order valence-electron chi connectivity index (χ4n) is 3.08. The van der Waals surface area contributed by atoms with Crippen molar-refractivity contribution in [1.29, 1.82) is 5.26 Å². The molecule has 1 heterocycles. The molecule has 26 heavy (non-hydrogen) atoms. The molecule has 2 atom stereocenters. The number of carbonyl (C=O) groups is 1. The Labute approximate surface area is 148 Å². The van der Waals surface area contributed by atoms with Gasteiger partial charge in [0.05, 0.1) is 12.5 Å². The average Bonchev–Trinajstić information content (AvgIpc) is 2.89. The molecule has 0 N–H and O–H groups in total. The molecule has 0 unspecified atom stereocenters. The van der Waals surface area contributed by atoms with Crippen molar-refractivity contribution < 1.29 is 27.1 Å². The maximum atomic E-state index is 13.2. The van der Waals surface area contributed by atoms with E-state index in [9.17, 15) is 22.4 Å². The number of aromatic nitrogens is 1. The van der Waals surface area contributed by atoms with Gasteiger partial charge < -0.3 is 9.30 Å².